The topological polar surface area (TPSA) is 95.8 Å². The lowest BCUT2D eigenvalue weighted by Gasteiger charge is -2.29. The van der Waals surface area contributed by atoms with E-state index in [1.807, 2.05) is 36.4 Å². The smallest absolute Gasteiger partial charge is 0.290 e. The summed E-state index contributed by atoms with van der Waals surface area (Å²) in [6.45, 7) is 2.19. The second-order valence-electron chi connectivity index (χ2n) is 8.77. The molecule has 1 N–H and O–H groups in total. The predicted molar refractivity (Wildman–Crippen MR) is 131 cm³/mol. The van der Waals surface area contributed by atoms with E-state index in [-0.39, 0.29) is 55.0 Å². The van der Waals surface area contributed by atoms with Crippen LogP contribution in [-0.2, 0) is 16.0 Å². The molecule has 0 unspecified atom stereocenters. The molecule has 4 rings (SSSR count). The molecule has 0 radical (unpaired) electrons. The summed E-state index contributed by atoms with van der Waals surface area (Å²) < 4.78 is 5.91. The Balaban J connectivity index is 1.58. The standard InChI is InChI=1S/C27H30N4O4/c1-4-18-5-7-19(8-6-18)22-9-10-23(35-22)27(34)31(17-24(32)28-2)16-21-15-25(33)30(3)26(21)20-11-13-29-14-12-20/h5-14,21,26H,4,15-17H2,1-3H3,(H,28,32)/t21-,26-/m0/s1. The largest absolute Gasteiger partial charge is 0.451 e. The van der Waals surface area contributed by atoms with Gasteiger partial charge in [-0.15, -0.1) is 0 Å². The first-order chi connectivity index (χ1) is 16.9. The third kappa shape index (κ3) is 5.26. The van der Waals surface area contributed by atoms with Crippen LogP contribution in [0.3, 0.4) is 0 Å². The maximum absolute atomic E-state index is 13.5. The van der Waals surface area contributed by atoms with Crippen LogP contribution >= 0.6 is 0 Å². The zero-order valence-corrected chi connectivity index (χ0v) is 20.2. The van der Waals surface area contributed by atoms with Crippen LogP contribution in [0.15, 0.2) is 65.3 Å². The number of likely N-dealkylation sites (N-methyl/N-ethyl adjacent to an activating group) is 1. The lowest BCUT2D eigenvalue weighted by atomic mass is 9.93. The lowest BCUT2D eigenvalue weighted by molar-refractivity contribution is -0.127. The number of pyridine rings is 1. The molecule has 1 aromatic carbocycles. The fraction of sp³-hybridized carbons (Fsp3) is 0.333. The van der Waals surface area contributed by atoms with E-state index in [0.29, 0.717) is 5.76 Å². The molecule has 3 heterocycles. The number of aromatic nitrogens is 1. The molecular weight excluding hydrogens is 444 g/mol. The van der Waals surface area contributed by atoms with Crippen LogP contribution in [-0.4, -0.2) is 59.7 Å². The van der Waals surface area contributed by atoms with Crippen LogP contribution in [0, 0.1) is 5.92 Å². The number of amides is 3. The van der Waals surface area contributed by atoms with Crippen LogP contribution in [0.4, 0.5) is 0 Å². The molecule has 0 spiro atoms. The highest BCUT2D eigenvalue weighted by Crippen LogP contribution is 2.37. The minimum absolute atomic E-state index is 0.0000321. The summed E-state index contributed by atoms with van der Waals surface area (Å²) in [7, 11) is 3.30. The van der Waals surface area contributed by atoms with E-state index in [1.165, 1.54) is 17.5 Å². The van der Waals surface area contributed by atoms with Crippen molar-refractivity contribution in [1.29, 1.82) is 0 Å². The van der Waals surface area contributed by atoms with Gasteiger partial charge in [0, 0.05) is 50.9 Å². The second-order valence-corrected chi connectivity index (χ2v) is 8.77. The quantitative estimate of drug-likeness (QED) is 0.540. The summed E-state index contributed by atoms with van der Waals surface area (Å²) in [5.74, 6) is -0.124. The first-order valence-electron chi connectivity index (χ1n) is 11.8. The monoisotopic (exact) mass is 474 g/mol. The van der Waals surface area contributed by atoms with Crippen LogP contribution in [0.2, 0.25) is 0 Å². The number of rotatable bonds is 8. The molecule has 3 aromatic rings. The fourth-order valence-electron chi connectivity index (χ4n) is 4.60. The first-order valence-corrected chi connectivity index (χ1v) is 11.8. The molecule has 0 bridgehead atoms. The van der Waals surface area contributed by atoms with Crippen LogP contribution in [0.25, 0.3) is 11.3 Å². The fourth-order valence-corrected chi connectivity index (χ4v) is 4.60. The Morgan fingerprint density at radius 2 is 1.83 bits per heavy atom. The summed E-state index contributed by atoms with van der Waals surface area (Å²) in [6, 6.07) is 14.9. The summed E-state index contributed by atoms with van der Waals surface area (Å²) >= 11 is 0. The molecule has 0 aliphatic carbocycles. The molecule has 1 aliphatic heterocycles. The van der Waals surface area contributed by atoms with Crippen LogP contribution < -0.4 is 5.32 Å². The molecule has 1 fully saturated rings. The van der Waals surface area contributed by atoms with Gasteiger partial charge in [-0.25, -0.2) is 0 Å². The van der Waals surface area contributed by atoms with E-state index in [2.05, 4.69) is 17.2 Å². The van der Waals surface area contributed by atoms with Gasteiger partial charge in [0.1, 0.15) is 5.76 Å². The zero-order valence-electron chi connectivity index (χ0n) is 20.2. The Labute approximate surface area is 204 Å². The number of benzene rings is 1. The number of likely N-dealkylation sites (tertiary alicyclic amines) is 1. The van der Waals surface area contributed by atoms with Gasteiger partial charge in [-0.1, -0.05) is 31.2 Å². The highest BCUT2D eigenvalue weighted by atomic mass is 16.4. The summed E-state index contributed by atoms with van der Waals surface area (Å²) in [5.41, 5.74) is 3.04. The van der Waals surface area contributed by atoms with Crippen molar-refractivity contribution in [3.05, 3.63) is 77.8 Å². The lowest BCUT2D eigenvalue weighted by Crippen LogP contribution is -2.43. The van der Waals surface area contributed by atoms with E-state index < -0.39 is 0 Å². The van der Waals surface area contributed by atoms with Crippen LogP contribution in [0.5, 0.6) is 0 Å². The minimum Gasteiger partial charge on any atom is -0.451 e. The summed E-state index contributed by atoms with van der Waals surface area (Å²) in [5, 5.41) is 2.58. The van der Waals surface area contributed by atoms with Gasteiger partial charge in [0.05, 0.1) is 12.6 Å². The van der Waals surface area contributed by atoms with Gasteiger partial charge < -0.3 is 19.5 Å². The van der Waals surface area contributed by atoms with Crippen molar-refractivity contribution in [3.8, 4) is 11.3 Å². The Hall–Kier alpha value is -3.94. The molecule has 1 saturated heterocycles. The SMILES string of the molecule is CCc1ccc(-c2ccc(C(=O)N(CC(=O)NC)C[C@@H]3CC(=O)N(C)[C@H]3c3ccncc3)o2)cc1. The van der Waals surface area contributed by atoms with Gasteiger partial charge in [0.25, 0.3) is 5.91 Å². The average molecular weight is 475 g/mol. The van der Waals surface area contributed by atoms with Gasteiger partial charge >= 0.3 is 0 Å². The van der Waals surface area contributed by atoms with Crippen molar-refractivity contribution >= 4 is 17.7 Å². The Morgan fingerprint density at radius 3 is 2.49 bits per heavy atom. The van der Waals surface area contributed by atoms with Crippen molar-refractivity contribution < 1.29 is 18.8 Å². The third-order valence-electron chi connectivity index (χ3n) is 6.56. The maximum atomic E-state index is 13.5. The molecule has 2 atom stereocenters. The maximum Gasteiger partial charge on any atom is 0.290 e. The predicted octanol–water partition coefficient (Wildman–Crippen LogP) is 3.31. The van der Waals surface area contributed by atoms with Crippen molar-refractivity contribution in [3.63, 3.8) is 0 Å². The Morgan fingerprint density at radius 1 is 1.11 bits per heavy atom. The van der Waals surface area contributed by atoms with Crippen molar-refractivity contribution in [2.45, 2.75) is 25.8 Å². The second kappa shape index (κ2) is 10.5. The molecule has 1 aliphatic rings. The zero-order chi connectivity index (χ0) is 24.9. The minimum atomic E-state index is -0.388. The van der Waals surface area contributed by atoms with Gasteiger partial charge in [-0.05, 0) is 41.8 Å². The molecular formula is C27H30N4O4. The Kier molecular flexibility index (Phi) is 7.29. The van der Waals surface area contributed by atoms with Crippen molar-refractivity contribution in [2.24, 2.45) is 5.92 Å². The number of furan rings is 1. The van der Waals surface area contributed by atoms with E-state index in [4.69, 9.17) is 4.42 Å². The van der Waals surface area contributed by atoms with Crippen LogP contribution in [0.1, 0.15) is 41.1 Å². The van der Waals surface area contributed by atoms with Gasteiger partial charge in [-0.3, -0.25) is 19.4 Å². The third-order valence-corrected chi connectivity index (χ3v) is 6.56. The molecule has 0 saturated carbocycles. The molecule has 8 nitrogen and oxygen atoms in total. The van der Waals surface area contributed by atoms with Crippen molar-refractivity contribution in [1.82, 2.24) is 20.1 Å². The van der Waals surface area contributed by atoms with E-state index >= 15 is 0 Å². The molecule has 2 aromatic heterocycles. The number of nitrogens with one attached hydrogen (secondary N) is 1. The first kappa shape index (κ1) is 24.2. The highest BCUT2D eigenvalue weighted by molar-refractivity contribution is 5.95. The number of nitrogens with zero attached hydrogens (tertiary/aromatic N) is 3. The number of carbonyl (C=O) groups excluding carboxylic acids is 3. The van der Waals surface area contributed by atoms with E-state index in [0.717, 1.165) is 17.5 Å². The van der Waals surface area contributed by atoms with Gasteiger partial charge in [-0.2, -0.15) is 0 Å². The normalized spacial score (nSPS) is 17.5. The number of hydrogen-bond acceptors (Lipinski definition) is 5. The van der Waals surface area contributed by atoms with Gasteiger partial charge in [0.2, 0.25) is 11.8 Å². The summed E-state index contributed by atoms with van der Waals surface area (Å²) in [4.78, 5) is 45.6. The van der Waals surface area contributed by atoms with E-state index in [1.54, 1.807) is 36.5 Å². The average Bonchev–Trinajstić information content (AvgIpc) is 3.48. The highest BCUT2D eigenvalue weighted by Gasteiger charge is 2.40. The van der Waals surface area contributed by atoms with Crippen molar-refractivity contribution in [2.75, 3.05) is 27.2 Å². The van der Waals surface area contributed by atoms with Gasteiger partial charge in [0.15, 0.2) is 5.76 Å². The molecule has 3 amide bonds. The molecule has 8 heteroatoms. The number of hydrogen-bond donors (Lipinski definition) is 1. The summed E-state index contributed by atoms with van der Waals surface area (Å²) in [6.07, 6.45) is 4.60. The molecule has 182 valence electrons. The number of aryl methyl sites for hydroxylation is 1. The molecule has 35 heavy (non-hydrogen) atoms. The number of carbonyl (C=O) groups is 3. The Bertz CT molecular complexity index is 1190. The van der Waals surface area contributed by atoms with E-state index in [9.17, 15) is 14.4 Å².